The molecule has 0 heterocycles. The minimum absolute atomic E-state index is 0. The van der Waals surface area contributed by atoms with E-state index in [0.717, 1.165) is 30.5 Å². The van der Waals surface area contributed by atoms with E-state index < -0.39 is 33.9 Å². The maximum atomic E-state index is 12.1. The predicted molar refractivity (Wildman–Crippen MR) is 240 cm³/mol. The van der Waals surface area contributed by atoms with Gasteiger partial charge in [0.1, 0.15) is 10.1 Å². The van der Waals surface area contributed by atoms with Gasteiger partial charge in [-0.25, -0.2) is 8.42 Å². The Labute approximate surface area is 365 Å². The summed E-state index contributed by atoms with van der Waals surface area (Å²) >= 11 is 0. The van der Waals surface area contributed by atoms with Gasteiger partial charge in [-0.2, -0.15) is 0 Å². The van der Waals surface area contributed by atoms with E-state index >= 15 is 0 Å². The minimum Gasteiger partial charge on any atom is 0 e. The van der Waals surface area contributed by atoms with E-state index in [1.807, 2.05) is 12.1 Å². The molecule has 0 atom stereocenters. The van der Waals surface area contributed by atoms with Gasteiger partial charge in [-0.3, -0.25) is 0 Å². The fourth-order valence-corrected chi connectivity index (χ4v) is 16.4. The predicted octanol–water partition coefficient (Wildman–Crippen LogP) is 8.44. The zero-order valence-electron chi connectivity index (χ0n) is 32.1. The van der Waals surface area contributed by atoms with Crippen molar-refractivity contribution in [3.63, 3.8) is 0 Å². The zero-order chi connectivity index (χ0) is 41.2. The van der Waals surface area contributed by atoms with Gasteiger partial charge in [0.05, 0.1) is 4.90 Å². The molecule has 7 rings (SSSR count). The second kappa shape index (κ2) is 24.2. The van der Waals surface area contributed by atoms with Crippen molar-refractivity contribution in [1.82, 2.24) is 0 Å². The average Bonchev–Trinajstić information content (AvgIpc) is 3.29. The van der Waals surface area contributed by atoms with Crippen LogP contribution in [0, 0.1) is 18.7 Å². The zero-order valence-corrected chi connectivity index (χ0v) is 37.2. The molecule has 0 saturated carbocycles. The standard InChI is InChI=1S/C47H43O3P3S.2CO.Rh/c48-54(49,50)46-33-31-39(32-34-46)35-47(36-51(40-19-7-1-8-20-40)41-21-9-2-10-22-41,37-52(42-23-11-3-12-24-42)43-25-13-4-14-26-43)38-53(44-27-15-5-16-28-44)45-29-17-6-18-30-45;2*1-2;/h1-34H,35-38H2,(H,48,49,50);;;/p-1. The second-order valence-corrected chi connectivity index (χ2v) is 21.5. The van der Waals surface area contributed by atoms with Gasteiger partial charge in [-0.05, 0) is 104 Å². The largest absolute Gasteiger partial charge is 0 e. The number of benzene rings is 7. The Kier molecular flexibility index (Phi) is 19.5. The first-order valence-corrected chi connectivity index (χ1v) is 24.4. The summed E-state index contributed by atoms with van der Waals surface area (Å²) in [5.41, 5.74) is 0.759. The third-order valence-electron chi connectivity index (χ3n) is 9.68. The molecule has 0 bridgehead atoms. The van der Waals surface area contributed by atoms with Crippen LogP contribution in [0.3, 0.4) is 0 Å². The van der Waals surface area contributed by atoms with Crippen molar-refractivity contribution in [2.75, 3.05) is 18.5 Å². The molecule has 7 aromatic rings. The van der Waals surface area contributed by atoms with E-state index in [1.165, 1.54) is 44.0 Å². The first-order chi connectivity index (χ1) is 28.4. The molecule has 0 aliphatic rings. The summed E-state index contributed by atoms with van der Waals surface area (Å²) in [5.74, 6) is 0. The van der Waals surface area contributed by atoms with Crippen LogP contribution in [0.5, 0.6) is 0 Å². The molecular formula is C49H42O5P3RhS-. The van der Waals surface area contributed by atoms with E-state index in [9.17, 15) is 13.0 Å². The molecule has 59 heavy (non-hydrogen) atoms. The molecule has 0 amide bonds. The Balaban J connectivity index is 0.00000149. The summed E-state index contributed by atoms with van der Waals surface area (Å²) in [6.07, 6.45) is 3.50. The van der Waals surface area contributed by atoms with Gasteiger partial charge >= 0.3 is 22.6 Å². The van der Waals surface area contributed by atoms with Crippen LogP contribution in [0.4, 0.5) is 0 Å². The second-order valence-electron chi connectivity index (χ2n) is 13.5. The molecule has 0 fully saturated rings. The minimum atomic E-state index is -4.58. The molecule has 7 aromatic carbocycles. The van der Waals surface area contributed by atoms with Crippen LogP contribution in [-0.4, -0.2) is 31.5 Å². The van der Waals surface area contributed by atoms with Crippen LogP contribution in [0.15, 0.2) is 211 Å². The molecule has 10 heteroatoms. The Morgan fingerprint density at radius 1 is 0.407 bits per heavy atom. The summed E-state index contributed by atoms with van der Waals surface area (Å²) in [4.78, 5) is -0.195. The monoisotopic (exact) mass is 938 g/mol. The summed E-state index contributed by atoms with van der Waals surface area (Å²) < 4.78 is 51.2. The van der Waals surface area contributed by atoms with E-state index in [1.54, 1.807) is 0 Å². The van der Waals surface area contributed by atoms with Crippen molar-refractivity contribution in [2.24, 2.45) is 5.41 Å². The van der Waals surface area contributed by atoms with E-state index in [-0.39, 0.29) is 29.8 Å². The Morgan fingerprint density at radius 2 is 0.627 bits per heavy atom. The normalized spacial score (nSPS) is 11.1. The third-order valence-corrected chi connectivity index (χ3v) is 19.0. The fourth-order valence-electron chi connectivity index (χ4n) is 7.17. The van der Waals surface area contributed by atoms with Gasteiger partial charge in [0.2, 0.25) is 0 Å². The molecule has 0 spiro atoms. The van der Waals surface area contributed by atoms with Crippen molar-refractivity contribution >= 4 is 65.7 Å². The molecule has 0 aromatic heterocycles. The molecule has 0 aliphatic heterocycles. The molecule has 1 radical (unpaired) electrons. The molecular weight excluding hydrogens is 896 g/mol. The van der Waals surface area contributed by atoms with Crippen molar-refractivity contribution < 1.29 is 41.8 Å². The van der Waals surface area contributed by atoms with Crippen LogP contribution in [0.2, 0.25) is 0 Å². The van der Waals surface area contributed by atoms with E-state index in [0.29, 0.717) is 0 Å². The molecule has 5 nitrogen and oxygen atoms in total. The van der Waals surface area contributed by atoms with Crippen molar-refractivity contribution in [1.29, 1.82) is 0 Å². The van der Waals surface area contributed by atoms with Gasteiger partial charge in [0, 0.05) is 19.5 Å². The van der Waals surface area contributed by atoms with Crippen molar-refractivity contribution in [2.45, 2.75) is 11.3 Å². The fraction of sp³-hybridized carbons (Fsp3) is 0.102. The molecule has 0 aliphatic carbocycles. The van der Waals surface area contributed by atoms with Gasteiger partial charge in [-0.1, -0.05) is 194 Å². The SMILES string of the molecule is O=S(=O)([O-])c1ccc(CC(CP(c2ccccc2)c2ccccc2)(CP(c2ccccc2)c2ccccc2)CP(c2ccccc2)c2ccccc2)cc1.[C-]#[O+].[C-]#[O+].[Rh]. The third kappa shape index (κ3) is 13.4. The number of rotatable bonds is 15. The summed E-state index contributed by atoms with van der Waals surface area (Å²) in [7, 11) is -7.04. The molecule has 0 unspecified atom stereocenters. The quantitative estimate of drug-likeness (QED) is 0.0340. The molecule has 0 N–H and O–H groups in total. The van der Waals surface area contributed by atoms with Crippen LogP contribution < -0.4 is 31.8 Å². The van der Waals surface area contributed by atoms with Crippen LogP contribution >= 0.6 is 23.8 Å². The summed E-state index contributed by atoms with van der Waals surface area (Å²) in [6, 6.07) is 72.5. The summed E-state index contributed by atoms with van der Waals surface area (Å²) in [5, 5.41) is 8.02. The Bertz CT molecular complexity index is 2080. The summed E-state index contributed by atoms with van der Waals surface area (Å²) in [6.45, 7) is 9.00. The maximum Gasteiger partial charge on any atom is 0 e. The van der Waals surface area contributed by atoms with E-state index in [2.05, 4.69) is 195 Å². The first kappa shape index (κ1) is 47.5. The van der Waals surface area contributed by atoms with Crippen LogP contribution in [0.25, 0.3) is 0 Å². The topological polar surface area (TPSA) is 97.0 Å². The van der Waals surface area contributed by atoms with Gasteiger partial charge in [-0.15, -0.1) is 0 Å². The number of hydrogen-bond acceptors (Lipinski definition) is 3. The van der Waals surface area contributed by atoms with E-state index in [4.69, 9.17) is 9.30 Å². The van der Waals surface area contributed by atoms with Crippen molar-refractivity contribution in [3.05, 3.63) is 225 Å². The number of hydrogen-bond donors (Lipinski definition) is 0. The van der Waals surface area contributed by atoms with Crippen LogP contribution in [0.1, 0.15) is 5.56 Å². The molecule has 299 valence electrons. The average molecular weight is 939 g/mol. The smallest absolute Gasteiger partial charge is 0 e. The first-order valence-electron chi connectivity index (χ1n) is 18.5. The van der Waals surface area contributed by atoms with Gasteiger partial charge in [0.25, 0.3) is 0 Å². The molecule has 0 saturated heterocycles. The van der Waals surface area contributed by atoms with Crippen LogP contribution in [-0.2, 0) is 45.3 Å². The Hall–Kier alpha value is -4.16. The van der Waals surface area contributed by atoms with Crippen molar-refractivity contribution in [3.8, 4) is 0 Å². The Morgan fingerprint density at radius 3 is 0.831 bits per heavy atom. The van der Waals surface area contributed by atoms with Gasteiger partial charge in [0.15, 0.2) is 0 Å². The maximum absolute atomic E-state index is 12.1. The van der Waals surface area contributed by atoms with Gasteiger partial charge < -0.3 is 4.55 Å².